The molecule has 186 valence electrons. The van der Waals surface area contributed by atoms with Crippen LogP contribution in [0.4, 0.5) is 23.7 Å². The number of aryl methyl sites for hydroxylation is 1. The van der Waals surface area contributed by atoms with Crippen molar-refractivity contribution in [2.45, 2.75) is 51.2 Å². The Balaban J connectivity index is 1.39. The van der Waals surface area contributed by atoms with Gasteiger partial charge in [-0.15, -0.1) is 0 Å². The fourth-order valence-corrected chi connectivity index (χ4v) is 4.94. The van der Waals surface area contributed by atoms with Crippen molar-refractivity contribution < 1.29 is 22.7 Å². The summed E-state index contributed by atoms with van der Waals surface area (Å²) in [4.78, 5) is 21.3. The fourth-order valence-electron chi connectivity index (χ4n) is 4.94. The Bertz CT molecular complexity index is 1130. The van der Waals surface area contributed by atoms with Gasteiger partial charge in [0.1, 0.15) is 17.3 Å². The van der Waals surface area contributed by atoms with E-state index in [1.807, 2.05) is 34.9 Å². The summed E-state index contributed by atoms with van der Waals surface area (Å²) in [7, 11) is 0. The highest BCUT2D eigenvalue weighted by Gasteiger charge is 2.33. The minimum Gasteiger partial charge on any atom is -0.454 e. The molecule has 1 aliphatic carbocycles. The Morgan fingerprint density at radius 3 is 2.43 bits per heavy atom. The standard InChI is InChI=1S/C26H29F3N4O2/c1-17-7-9-22-20(15-17)24(31-21-16-18(26(27,28)29)8-10-23(21)35-22)32-11-13-33(14-12-32)25(34)30-19-5-3-2-4-6-19/h7-10,15-16,19H,2-6,11-14H2,1H3,(H,30,34). The summed E-state index contributed by atoms with van der Waals surface area (Å²) in [6.45, 7) is 4.02. The van der Waals surface area contributed by atoms with E-state index in [0.717, 1.165) is 48.9 Å². The highest BCUT2D eigenvalue weighted by Crippen LogP contribution is 2.42. The third-order valence-electron chi connectivity index (χ3n) is 6.91. The van der Waals surface area contributed by atoms with Crippen molar-refractivity contribution in [2.75, 3.05) is 26.2 Å². The number of amidine groups is 1. The van der Waals surface area contributed by atoms with Crippen LogP contribution >= 0.6 is 0 Å². The molecule has 0 radical (unpaired) electrons. The topological polar surface area (TPSA) is 57.2 Å². The van der Waals surface area contributed by atoms with Crippen molar-refractivity contribution in [3.63, 3.8) is 0 Å². The number of piperazine rings is 1. The minimum atomic E-state index is -4.47. The van der Waals surface area contributed by atoms with E-state index >= 15 is 0 Å². The van der Waals surface area contributed by atoms with E-state index in [2.05, 4.69) is 10.3 Å². The number of hydrogen-bond acceptors (Lipinski definition) is 4. The zero-order valence-corrected chi connectivity index (χ0v) is 19.7. The van der Waals surface area contributed by atoms with Crippen LogP contribution in [0.15, 0.2) is 41.4 Å². The second-order valence-corrected chi connectivity index (χ2v) is 9.48. The zero-order valence-electron chi connectivity index (χ0n) is 19.7. The first kappa shape index (κ1) is 23.5. The van der Waals surface area contributed by atoms with Crippen molar-refractivity contribution in [2.24, 2.45) is 4.99 Å². The van der Waals surface area contributed by atoms with Crippen LogP contribution in [0, 0.1) is 6.92 Å². The predicted molar refractivity (Wildman–Crippen MR) is 127 cm³/mol. The van der Waals surface area contributed by atoms with Gasteiger partial charge < -0.3 is 19.9 Å². The number of urea groups is 1. The lowest BCUT2D eigenvalue weighted by Gasteiger charge is -2.37. The molecule has 2 aromatic carbocycles. The molecule has 1 N–H and O–H groups in total. The number of carbonyl (C=O) groups is 1. The molecule has 2 aliphatic heterocycles. The molecule has 1 saturated heterocycles. The number of fused-ring (bicyclic) bond motifs is 2. The second kappa shape index (κ2) is 9.43. The monoisotopic (exact) mass is 486 g/mol. The van der Waals surface area contributed by atoms with E-state index in [1.54, 1.807) is 0 Å². The summed E-state index contributed by atoms with van der Waals surface area (Å²) in [6.07, 6.45) is 1.10. The maximum atomic E-state index is 13.4. The van der Waals surface area contributed by atoms with E-state index < -0.39 is 11.7 Å². The lowest BCUT2D eigenvalue weighted by atomic mass is 9.96. The van der Waals surface area contributed by atoms with Gasteiger partial charge in [0.2, 0.25) is 0 Å². The molecule has 5 rings (SSSR count). The number of aliphatic imine (C=N–C) groups is 1. The summed E-state index contributed by atoms with van der Waals surface area (Å²) in [5.74, 6) is 1.39. The number of rotatable bonds is 1. The summed E-state index contributed by atoms with van der Waals surface area (Å²) in [5.41, 5.74) is 1.10. The molecular formula is C26H29F3N4O2. The molecule has 2 fully saturated rings. The van der Waals surface area contributed by atoms with E-state index in [9.17, 15) is 18.0 Å². The van der Waals surface area contributed by atoms with Gasteiger partial charge in [0.25, 0.3) is 0 Å². The maximum Gasteiger partial charge on any atom is 0.416 e. The van der Waals surface area contributed by atoms with Gasteiger partial charge >= 0.3 is 12.2 Å². The third-order valence-corrected chi connectivity index (χ3v) is 6.91. The summed E-state index contributed by atoms with van der Waals surface area (Å²) < 4.78 is 46.1. The van der Waals surface area contributed by atoms with Crippen LogP contribution < -0.4 is 10.1 Å². The first-order valence-electron chi connectivity index (χ1n) is 12.2. The lowest BCUT2D eigenvalue weighted by Crippen LogP contribution is -2.54. The Morgan fingerprint density at radius 1 is 1.00 bits per heavy atom. The number of amides is 2. The van der Waals surface area contributed by atoms with Crippen LogP contribution in [-0.4, -0.2) is 53.9 Å². The molecular weight excluding hydrogens is 457 g/mol. The number of alkyl halides is 3. The number of halogens is 3. The Labute approximate surface area is 202 Å². The zero-order chi connectivity index (χ0) is 24.6. The normalized spacial score (nSPS) is 18.7. The largest absolute Gasteiger partial charge is 0.454 e. The van der Waals surface area contributed by atoms with Gasteiger partial charge in [-0.3, -0.25) is 0 Å². The summed E-state index contributed by atoms with van der Waals surface area (Å²) in [6, 6.07) is 9.22. The predicted octanol–water partition coefficient (Wildman–Crippen LogP) is 5.86. The van der Waals surface area contributed by atoms with E-state index in [1.165, 1.54) is 12.5 Å². The lowest BCUT2D eigenvalue weighted by molar-refractivity contribution is -0.137. The second-order valence-electron chi connectivity index (χ2n) is 9.48. The number of nitrogens with zero attached hydrogens (tertiary/aromatic N) is 3. The maximum absolute atomic E-state index is 13.4. The van der Waals surface area contributed by atoms with Crippen molar-refractivity contribution in [3.8, 4) is 11.5 Å². The average molecular weight is 487 g/mol. The molecule has 0 spiro atoms. The SMILES string of the molecule is Cc1ccc2c(c1)C(N1CCN(C(=O)NC3CCCCC3)CC1)=Nc1cc(C(F)(F)F)ccc1O2. The van der Waals surface area contributed by atoms with Crippen LogP contribution in [0.5, 0.6) is 11.5 Å². The van der Waals surface area contributed by atoms with Gasteiger partial charge in [0, 0.05) is 32.2 Å². The van der Waals surface area contributed by atoms with E-state index in [0.29, 0.717) is 37.8 Å². The van der Waals surface area contributed by atoms with Crippen molar-refractivity contribution in [3.05, 3.63) is 53.1 Å². The first-order chi connectivity index (χ1) is 16.8. The highest BCUT2D eigenvalue weighted by molar-refractivity contribution is 6.04. The number of hydrogen-bond donors (Lipinski definition) is 1. The van der Waals surface area contributed by atoms with Gasteiger partial charge in [-0.1, -0.05) is 30.9 Å². The molecule has 9 heteroatoms. The molecule has 0 bridgehead atoms. The number of carbonyl (C=O) groups excluding carboxylic acids is 1. The quantitative estimate of drug-likeness (QED) is 0.550. The van der Waals surface area contributed by atoms with Crippen LogP contribution in [0.1, 0.15) is 48.8 Å². The molecule has 0 atom stereocenters. The molecule has 2 heterocycles. The van der Waals surface area contributed by atoms with Crippen LogP contribution in [-0.2, 0) is 6.18 Å². The van der Waals surface area contributed by atoms with Crippen LogP contribution in [0.25, 0.3) is 0 Å². The smallest absolute Gasteiger partial charge is 0.416 e. The fraction of sp³-hybridized carbons (Fsp3) is 0.462. The van der Waals surface area contributed by atoms with Gasteiger partial charge in [-0.25, -0.2) is 9.79 Å². The molecule has 2 aromatic rings. The molecule has 3 aliphatic rings. The summed E-state index contributed by atoms with van der Waals surface area (Å²) >= 11 is 0. The van der Waals surface area contributed by atoms with Crippen molar-refractivity contribution in [1.82, 2.24) is 15.1 Å². The van der Waals surface area contributed by atoms with Crippen LogP contribution in [0.2, 0.25) is 0 Å². The number of nitrogens with one attached hydrogen (secondary N) is 1. The number of ether oxygens (including phenoxy) is 1. The minimum absolute atomic E-state index is 0.0425. The third kappa shape index (κ3) is 5.09. The molecule has 0 aromatic heterocycles. The van der Waals surface area contributed by atoms with Gasteiger partial charge in [-0.2, -0.15) is 13.2 Å². The van der Waals surface area contributed by atoms with Crippen molar-refractivity contribution in [1.29, 1.82) is 0 Å². The molecule has 0 unspecified atom stereocenters. The number of benzene rings is 2. The van der Waals surface area contributed by atoms with Gasteiger partial charge in [0.15, 0.2) is 5.75 Å². The molecule has 1 saturated carbocycles. The Hall–Kier alpha value is -3.23. The summed E-state index contributed by atoms with van der Waals surface area (Å²) in [5, 5.41) is 3.16. The van der Waals surface area contributed by atoms with E-state index in [-0.39, 0.29) is 23.5 Å². The molecule has 6 nitrogen and oxygen atoms in total. The first-order valence-corrected chi connectivity index (χ1v) is 12.2. The van der Waals surface area contributed by atoms with Crippen LogP contribution in [0.3, 0.4) is 0 Å². The molecule has 2 amide bonds. The van der Waals surface area contributed by atoms with E-state index in [4.69, 9.17) is 4.74 Å². The Morgan fingerprint density at radius 2 is 1.71 bits per heavy atom. The molecule has 35 heavy (non-hydrogen) atoms. The van der Waals surface area contributed by atoms with Gasteiger partial charge in [-0.05, 0) is 50.1 Å². The van der Waals surface area contributed by atoms with Crippen molar-refractivity contribution >= 4 is 17.6 Å². The Kier molecular flexibility index (Phi) is 6.34. The highest BCUT2D eigenvalue weighted by atomic mass is 19.4. The van der Waals surface area contributed by atoms with Gasteiger partial charge in [0.05, 0.1) is 11.1 Å². The average Bonchev–Trinajstić information content (AvgIpc) is 3.00.